The van der Waals surface area contributed by atoms with Crippen molar-refractivity contribution in [2.75, 3.05) is 31.6 Å². The molecule has 0 bridgehead atoms. The van der Waals surface area contributed by atoms with Crippen molar-refractivity contribution in [2.45, 2.75) is 25.3 Å². The Kier molecular flexibility index (Phi) is 6.20. The van der Waals surface area contributed by atoms with Gasteiger partial charge in [0.25, 0.3) is 5.91 Å². The van der Waals surface area contributed by atoms with Crippen LogP contribution >= 0.6 is 23.2 Å². The number of nitrogens with zero attached hydrogens (tertiary/aromatic N) is 2. The van der Waals surface area contributed by atoms with E-state index in [1.807, 2.05) is 24.0 Å². The third kappa shape index (κ3) is 4.49. The van der Waals surface area contributed by atoms with E-state index in [4.69, 9.17) is 23.2 Å². The molecule has 2 aliphatic rings. The molecule has 7 heteroatoms. The molecule has 5 rings (SSSR count). The molecule has 1 amide bonds. The number of likely N-dealkylation sites (N-methyl/N-ethyl adjacent to an activating group) is 1. The zero-order valence-electron chi connectivity index (χ0n) is 19.6. The Bertz CT molecular complexity index is 1330. The van der Waals surface area contributed by atoms with Crippen LogP contribution in [0.5, 0.6) is 0 Å². The summed E-state index contributed by atoms with van der Waals surface area (Å²) in [5, 5.41) is 0.860. The molecular weight excluding hydrogens is 486 g/mol. The highest BCUT2D eigenvalue weighted by atomic mass is 35.5. The monoisotopic (exact) mass is 511 g/mol. The molecule has 1 saturated heterocycles. The lowest BCUT2D eigenvalue weighted by Gasteiger charge is -2.44. The second kappa shape index (κ2) is 9.05. The van der Waals surface area contributed by atoms with Gasteiger partial charge in [0.1, 0.15) is 12.4 Å². The summed E-state index contributed by atoms with van der Waals surface area (Å²) in [7, 11) is 2.10. The summed E-state index contributed by atoms with van der Waals surface area (Å²) in [5.74, 6) is -0.411. The fourth-order valence-electron chi connectivity index (χ4n) is 5.60. The van der Waals surface area contributed by atoms with Gasteiger partial charge < -0.3 is 9.38 Å². The number of fused-ring (bicyclic) bond motifs is 3. The summed E-state index contributed by atoms with van der Waals surface area (Å²) >= 11 is 12.3. The van der Waals surface area contributed by atoms with Gasteiger partial charge >= 0.3 is 0 Å². The number of halogens is 3. The van der Waals surface area contributed by atoms with E-state index < -0.39 is 0 Å². The summed E-state index contributed by atoms with van der Waals surface area (Å²) in [6, 6.07) is 16.8. The predicted octanol–water partition coefficient (Wildman–Crippen LogP) is 6.29. The molecule has 0 aliphatic carbocycles. The van der Waals surface area contributed by atoms with Crippen LogP contribution in [0.3, 0.4) is 0 Å². The van der Waals surface area contributed by atoms with Crippen molar-refractivity contribution in [3.8, 4) is 0 Å². The molecule has 1 fully saturated rings. The molecule has 0 unspecified atom stereocenters. The van der Waals surface area contributed by atoms with Gasteiger partial charge in [-0.25, -0.2) is 4.39 Å². The number of piperidine rings is 1. The maximum absolute atomic E-state index is 13.6. The molecule has 35 heavy (non-hydrogen) atoms. The quantitative estimate of drug-likeness (QED) is 0.305. The third-order valence-corrected chi connectivity index (χ3v) is 7.85. The van der Waals surface area contributed by atoms with E-state index >= 15 is 0 Å². The van der Waals surface area contributed by atoms with Gasteiger partial charge in [0.2, 0.25) is 5.78 Å². The topological polar surface area (TPSA) is 37.4 Å². The van der Waals surface area contributed by atoms with Gasteiger partial charge in [0.05, 0.1) is 37.1 Å². The van der Waals surface area contributed by atoms with E-state index in [1.54, 1.807) is 18.2 Å². The van der Waals surface area contributed by atoms with Crippen LogP contribution in [0.4, 0.5) is 10.1 Å². The number of aryl methyl sites for hydroxylation is 1. The second-order valence-corrected chi connectivity index (χ2v) is 10.8. The van der Waals surface area contributed by atoms with Crippen molar-refractivity contribution >= 4 is 40.6 Å². The first-order chi connectivity index (χ1) is 16.6. The van der Waals surface area contributed by atoms with E-state index in [9.17, 15) is 14.0 Å². The maximum atomic E-state index is 13.6. The van der Waals surface area contributed by atoms with Gasteiger partial charge in [0, 0.05) is 28.3 Å². The van der Waals surface area contributed by atoms with E-state index in [0.29, 0.717) is 32.2 Å². The molecular formula is C28H26Cl2FN2O2+. The number of rotatable bonds is 4. The van der Waals surface area contributed by atoms with Crippen LogP contribution in [0.1, 0.15) is 44.2 Å². The van der Waals surface area contributed by atoms with Crippen molar-refractivity contribution in [1.29, 1.82) is 0 Å². The third-order valence-electron chi connectivity index (χ3n) is 7.31. The lowest BCUT2D eigenvalue weighted by atomic mass is 9.87. The first kappa shape index (κ1) is 24.0. The van der Waals surface area contributed by atoms with Crippen molar-refractivity contribution in [1.82, 2.24) is 0 Å². The molecule has 3 aromatic carbocycles. The van der Waals surface area contributed by atoms with E-state index in [0.717, 1.165) is 36.3 Å². The van der Waals surface area contributed by atoms with Crippen LogP contribution in [0, 0.1) is 12.7 Å². The minimum atomic E-state index is -0.368. The summed E-state index contributed by atoms with van der Waals surface area (Å²) in [6.07, 6.45) is 0.753. The van der Waals surface area contributed by atoms with Crippen molar-refractivity contribution in [3.05, 3.63) is 98.8 Å². The first-order valence-electron chi connectivity index (χ1n) is 11.7. The molecule has 0 aromatic heterocycles. The van der Waals surface area contributed by atoms with E-state index in [-0.39, 0.29) is 29.5 Å². The van der Waals surface area contributed by atoms with Crippen LogP contribution in [0.15, 0.2) is 60.7 Å². The summed E-state index contributed by atoms with van der Waals surface area (Å²) in [5.41, 5.74) is 4.11. The summed E-state index contributed by atoms with van der Waals surface area (Å²) in [6.45, 7) is 3.84. The number of anilines is 1. The minimum Gasteiger partial charge on any atom is -0.319 e. The molecule has 0 saturated carbocycles. The molecule has 0 spiro atoms. The smallest absolute Gasteiger partial charge is 0.258 e. The Morgan fingerprint density at radius 2 is 1.80 bits per heavy atom. The summed E-state index contributed by atoms with van der Waals surface area (Å²) < 4.78 is 14.0. The van der Waals surface area contributed by atoms with Crippen molar-refractivity contribution in [3.63, 3.8) is 0 Å². The second-order valence-electron chi connectivity index (χ2n) is 9.94. The van der Waals surface area contributed by atoms with E-state index in [2.05, 4.69) is 13.1 Å². The van der Waals surface area contributed by atoms with Gasteiger partial charge in [-0.3, -0.25) is 9.59 Å². The highest BCUT2D eigenvalue weighted by Crippen LogP contribution is 2.47. The maximum Gasteiger partial charge on any atom is 0.258 e. The lowest BCUT2D eigenvalue weighted by molar-refractivity contribution is -0.907. The molecule has 2 aliphatic heterocycles. The molecule has 0 radical (unpaired) electrons. The largest absolute Gasteiger partial charge is 0.319 e. The number of Topliss-reactive ketones (excluding diaryl/α,β-unsaturated/α-hetero) is 1. The van der Waals surface area contributed by atoms with E-state index in [1.165, 1.54) is 24.3 Å². The summed E-state index contributed by atoms with van der Waals surface area (Å²) in [4.78, 5) is 28.6. The zero-order valence-corrected chi connectivity index (χ0v) is 21.1. The number of quaternary nitrogens is 1. The number of hydrogen-bond acceptors (Lipinski definition) is 2. The first-order valence-corrected chi connectivity index (χ1v) is 12.4. The Morgan fingerprint density at radius 1 is 1.06 bits per heavy atom. The SMILES string of the molecule is Cc1ccc2c(c1)[C@@H]1C[N@+](C)(CC(=O)c3ccc(Cl)cc3Cl)CC[C@@H]1N2C(=O)c1ccc(F)cc1. The Hall–Kier alpha value is -2.73. The van der Waals surface area contributed by atoms with Crippen molar-refractivity contribution in [2.24, 2.45) is 0 Å². The standard InChI is InChI=1S/C28H26Cl2FN2O2/c1-17-3-10-25-22(13-17)23-15-33(2,16-27(34)21-9-6-19(29)14-24(21)30)12-11-26(23)32(25)28(35)18-4-7-20(31)8-5-18/h3-10,13-14,23,26H,11-12,15-16H2,1-2H3/q+1/t23-,26-,33+/m0/s1. The number of hydrogen-bond donors (Lipinski definition) is 0. The van der Waals surface area contributed by atoms with Crippen LogP contribution < -0.4 is 4.90 Å². The number of ketones is 1. The Morgan fingerprint density at radius 3 is 2.51 bits per heavy atom. The Balaban J connectivity index is 1.44. The van der Waals surface area contributed by atoms with Crippen LogP contribution in [-0.2, 0) is 0 Å². The highest BCUT2D eigenvalue weighted by Gasteiger charge is 2.49. The fraction of sp³-hybridized carbons (Fsp3) is 0.286. The molecule has 4 nitrogen and oxygen atoms in total. The zero-order chi connectivity index (χ0) is 24.9. The normalized spacial score (nSPS) is 23.1. The minimum absolute atomic E-state index is 0.00947. The number of carbonyl (C=O) groups excluding carboxylic acids is 2. The van der Waals surface area contributed by atoms with Gasteiger partial charge in [-0.1, -0.05) is 40.9 Å². The van der Waals surface area contributed by atoms with Gasteiger partial charge in [-0.2, -0.15) is 0 Å². The molecule has 3 atom stereocenters. The number of amides is 1. The Labute approximate surface area is 214 Å². The molecule has 2 heterocycles. The lowest BCUT2D eigenvalue weighted by Crippen LogP contribution is -2.58. The van der Waals surface area contributed by atoms with Gasteiger partial charge in [-0.15, -0.1) is 0 Å². The van der Waals surface area contributed by atoms with Crippen molar-refractivity contribution < 1.29 is 18.5 Å². The molecule has 3 aromatic rings. The highest BCUT2D eigenvalue weighted by molar-refractivity contribution is 6.36. The number of likely N-dealkylation sites (tertiary alicyclic amines) is 1. The van der Waals surface area contributed by atoms with Gasteiger partial charge in [-0.05, 0) is 61.0 Å². The predicted molar refractivity (Wildman–Crippen MR) is 137 cm³/mol. The molecule has 0 N–H and O–H groups in total. The fourth-order valence-corrected chi connectivity index (χ4v) is 6.11. The average Bonchev–Trinajstić information content (AvgIpc) is 3.11. The number of benzene rings is 3. The average molecular weight is 512 g/mol. The van der Waals surface area contributed by atoms with Crippen LogP contribution in [-0.4, -0.2) is 48.9 Å². The van der Waals surface area contributed by atoms with Crippen LogP contribution in [0.2, 0.25) is 10.0 Å². The molecule has 180 valence electrons. The van der Waals surface area contributed by atoms with Gasteiger partial charge in [0.15, 0.2) is 0 Å². The van der Waals surface area contributed by atoms with Crippen LogP contribution in [0.25, 0.3) is 0 Å². The number of carbonyl (C=O) groups is 2.